The summed E-state index contributed by atoms with van der Waals surface area (Å²) in [5, 5.41) is 3.73. The molecule has 2 aromatic heterocycles. The number of amides is 1. The van der Waals surface area contributed by atoms with Gasteiger partial charge in [0.1, 0.15) is 5.76 Å². The largest absolute Gasteiger partial charge is 0.361 e. The highest BCUT2D eigenvalue weighted by molar-refractivity contribution is 7.16. The van der Waals surface area contributed by atoms with Gasteiger partial charge in [-0.25, -0.2) is 0 Å². The van der Waals surface area contributed by atoms with Crippen molar-refractivity contribution in [3.8, 4) is 12.3 Å². The Bertz CT molecular complexity index is 1020. The molecular formula is C19H19N3O2S. The highest BCUT2D eigenvalue weighted by Gasteiger charge is 2.12. The molecule has 2 heterocycles. The molecule has 25 heavy (non-hydrogen) atoms. The number of thiazole rings is 1. The van der Waals surface area contributed by atoms with E-state index in [1.54, 1.807) is 13.0 Å². The van der Waals surface area contributed by atoms with Gasteiger partial charge in [0.25, 0.3) is 0 Å². The highest BCUT2D eigenvalue weighted by Crippen LogP contribution is 2.20. The molecule has 5 nitrogen and oxygen atoms in total. The standard InChI is InChI=1S/C19H19N3O2S/c1-4-6-7-14-8-9-16-17(12-14)25-19(22(16)10-5-2)20-18(23)15-11-13(3)24-21-15/h2,8-9,11-12H,4,6-7,10H2,1,3H3. The first-order chi connectivity index (χ1) is 12.1. The number of aryl methyl sites for hydroxylation is 2. The Morgan fingerprint density at radius 3 is 2.96 bits per heavy atom. The van der Waals surface area contributed by atoms with Crippen LogP contribution in [0.2, 0.25) is 0 Å². The molecule has 128 valence electrons. The molecule has 3 rings (SSSR count). The van der Waals surface area contributed by atoms with E-state index in [0.717, 1.165) is 29.5 Å². The summed E-state index contributed by atoms with van der Waals surface area (Å²) in [5.74, 6) is 2.78. The second kappa shape index (κ2) is 7.49. The van der Waals surface area contributed by atoms with Crippen LogP contribution in [0.25, 0.3) is 10.2 Å². The molecule has 0 spiro atoms. The average molecular weight is 353 g/mol. The van der Waals surface area contributed by atoms with Crippen LogP contribution in [-0.2, 0) is 13.0 Å². The third-order valence-corrected chi connectivity index (χ3v) is 4.90. The van der Waals surface area contributed by atoms with Crippen LogP contribution in [-0.4, -0.2) is 15.6 Å². The van der Waals surface area contributed by atoms with Gasteiger partial charge in [-0.3, -0.25) is 4.79 Å². The van der Waals surface area contributed by atoms with Crippen molar-refractivity contribution in [1.29, 1.82) is 0 Å². The number of rotatable bonds is 5. The lowest BCUT2D eigenvalue weighted by molar-refractivity contribution is 0.0989. The lowest BCUT2D eigenvalue weighted by Crippen LogP contribution is -2.16. The molecular weight excluding hydrogens is 334 g/mol. The maximum Gasteiger partial charge on any atom is 0.301 e. The Labute approximate surface area is 150 Å². The van der Waals surface area contributed by atoms with Gasteiger partial charge >= 0.3 is 5.91 Å². The number of carbonyl (C=O) groups is 1. The smallest absolute Gasteiger partial charge is 0.301 e. The van der Waals surface area contributed by atoms with E-state index < -0.39 is 5.91 Å². The van der Waals surface area contributed by atoms with Gasteiger partial charge in [-0.2, -0.15) is 4.99 Å². The molecule has 0 saturated carbocycles. The maximum atomic E-state index is 12.3. The predicted octanol–water partition coefficient (Wildman–Crippen LogP) is 3.72. The van der Waals surface area contributed by atoms with Crippen molar-refractivity contribution < 1.29 is 9.32 Å². The van der Waals surface area contributed by atoms with E-state index >= 15 is 0 Å². The molecule has 0 fully saturated rings. The summed E-state index contributed by atoms with van der Waals surface area (Å²) >= 11 is 1.46. The molecule has 0 aliphatic carbocycles. The number of aromatic nitrogens is 2. The van der Waals surface area contributed by atoms with Crippen LogP contribution in [0.4, 0.5) is 0 Å². The molecule has 0 radical (unpaired) electrons. The number of carbonyl (C=O) groups excluding carboxylic acids is 1. The molecule has 0 bridgehead atoms. The lowest BCUT2D eigenvalue weighted by Gasteiger charge is -2.02. The minimum Gasteiger partial charge on any atom is -0.361 e. The van der Waals surface area contributed by atoms with Crippen LogP contribution < -0.4 is 4.80 Å². The highest BCUT2D eigenvalue weighted by atomic mass is 32.1. The van der Waals surface area contributed by atoms with E-state index in [-0.39, 0.29) is 5.69 Å². The van der Waals surface area contributed by atoms with Crippen molar-refractivity contribution in [2.75, 3.05) is 0 Å². The molecule has 3 aromatic rings. The second-order valence-corrected chi connectivity index (χ2v) is 6.83. The summed E-state index contributed by atoms with van der Waals surface area (Å²) in [6, 6.07) is 7.90. The van der Waals surface area contributed by atoms with Gasteiger partial charge in [-0.1, -0.05) is 41.8 Å². The first kappa shape index (κ1) is 17.2. The number of fused-ring (bicyclic) bond motifs is 1. The molecule has 0 atom stereocenters. The van der Waals surface area contributed by atoms with Crippen molar-refractivity contribution in [2.45, 2.75) is 39.7 Å². The Morgan fingerprint density at radius 2 is 2.28 bits per heavy atom. The summed E-state index contributed by atoms with van der Waals surface area (Å²) in [4.78, 5) is 17.1. The molecule has 0 aliphatic rings. The fraction of sp³-hybridized carbons (Fsp3) is 0.316. The van der Waals surface area contributed by atoms with Crippen molar-refractivity contribution >= 4 is 27.5 Å². The summed E-state index contributed by atoms with van der Waals surface area (Å²) < 4.78 is 7.91. The quantitative estimate of drug-likeness (QED) is 0.657. The fourth-order valence-electron chi connectivity index (χ4n) is 2.59. The third kappa shape index (κ3) is 3.72. The van der Waals surface area contributed by atoms with Gasteiger partial charge in [0.2, 0.25) is 0 Å². The zero-order valence-electron chi connectivity index (χ0n) is 14.3. The van der Waals surface area contributed by atoms with Crippen LogP contribution in [0.3, 0.4) is 0 Å². The molecule has 0 saturated heterocycles. The number of terminal acetylenes is 1. The Kier molecular flexibility index (Phi) is 5.15. The third-order valence-electron chi connectivity index (χ3n) is 3.86. The van der Waals surface area contributed by atoms with Crippen LogP contribution in [0, 0.1) is 19.3 Å². The first-order valence-electron chi connectivity index (χ1n) is 8.20. The monoisotopic (exact) mass is 353 g/mol. The zero-order chi connectivity index (χ0) is 17.8. The Balaban J connectivity index is 2.06. The average Bonchev–Trinajstić information content (AvgIpc) is 3.17. The van der Waals surface area contributed by atoms with Gasteiger partial charge in [-0.15, -0.1) is 6.42 Å². The van der Waals surface area contributed by atoms with E-state index in [2.05, 4.69) is 41.2 Å². The molecule has 6 heteroatoms. The van der Waals surface area contributed by atoms with Crippen LogP contribution in [0.5, 0.6) is 0 Å². The van der Waals surface area contributed by atoms with Crippen LogP contribution in [0.1, 0.15) is 41.6 Å². The van der Waals surface area contributed by atoms with E-state index in [9.17, 15) is 4.79 Å². The summed E-state index contributed by atoms with van der Waals surface area (Å²) in [6.45, 7) is 4.27. The topological polar surface area (TPSA) is 60.4 Å². The normalized spacial score (nSPS) is 11.8. The molecule has 0 aliphatic heterocycles. The van der Waals surface area contributed by atoms with Crippen LogP contribution in [0.15, 0.2) is 33.8 Å². The summed E-state index contributed by atoms with van der Waals surface area (Å²) in [5.41, 5.74) is 2.48. The minimum absolute atomic E-state index is 0.200. The van der Waals surface area contributed by atoms with Crippen molar-refractivity contribution in [3.05, 3.63) is 46.1 Å². The lowest BCUT2D eigenvalue weighted by atomic mass is 10.1. The molecule has 1 aromatic carbocycles. The van der Waals surface area contributed by atoms with Crippen molar-refractivity contribution in [2.24, 2.45) is 4.99 Å². The number of hydrogen-bond donors (Lipinski definition) is 0. The number of nitrogens with zero attached hydrogens (tertiary/aromatic N) is 3. The second-order valence-electron chi connectivity index (χ2n) is 5.82. The van der Waals surface area contributed by atoms with E-state index in [0.29, 0.717) is 17.1 Å². The summed E-state index contributed by atoms with van der Waals surface area (Å²) in [7, 11) is 0. The molecule has 0 N–H and O–H groups in total. The Morgan fingerprint density at radius 1 is 1.44 bits per heavy atom. The number of hydrogen-bond acceptors (Lipinski definition) is 4. The SMILES string of the molecule is C#CCn1c(=NC(=O)c2cc(C)on2)sc2cc(CCCC)ccc21. The van der Waals surface area contributed by atoms with Gasteiger partial charge in [0.05, 0.1) is 16.8 Å². The van der Waals surface area contributed by atoms with E-state index in [1.165, 1.54) is 16.9 Å². The predicted molar refractivity (Wildman–Crippen MR) is 98.4 cm³/mol. The minimum atomic E-state index is -0.430. The van der Waals surface area contributed by atoms with E-state index in [1.807, 2.05) is 4.57 Å². The molecule has 1 amide bonds. The first-order valence-corrected chi connectivity index (χ1v) is 9.02. The summed E-state index contributed by atoms with van der Waals surface area (Å²) in [6.07, 6.45) is 8.86. The zero-order valence-corrected chi connectivity index (χ0v) is 15.1. The van der Waals surface area contributed by atoms with Gasteiger partial charge in [0, 0.05) is 6.07 Å². The van der Waals surface area contributed by atoms with Gasteiger partial charge in [-0.05, 0) is 37.5 Å². The molecule has 0 unspecified atom stereocenters. The van der Waals surface area contributed by atoms with Gasteiger partial charge < -0.3 is 9.09 Å². The van der Waals surface area contributed by atoms with E-state index in [4.69, 9.17) is 10.9 Å². The number of benzene rings is 1. The van der Waals surface area contributed by atoms with Crippen molar-refractivity contribution in [3.63, 3.8) is 0 Å². The van der Waals surface area contributed by atoms with Gasteiger partial charge in [0.15, 0.2) is 10.5 Å². The number of unbranched alkanes of at least 4 members (excludes halogenated alkanes) is 1. The maximum absolute atomic E-state index is 12.3. The Hall–Kier alpha value is -2.65. The van der Waals surface area contributed by atoms with Crippen LogP contribution >= 0.6 is 11.3 Å². The fourth-order valence-corrected chi connectivity index (χ4v) is 3.69. The van der Waals surface area contributed by atoms with Crippen molar-refractivity contribution in [1.82, 2.24) is 9.72 Å².